The Morgan fingerprint density at radius 3 is 2.89 bits per heavy atom. The van der Waals surface area contributed by atoms with E-state index in [-0.39, 0.29) is 12.4 Å². The molecule has 5 nitrogen and oxygen atoms in total. The van der Waals surface area contributed by atoms with Crippen LogP contribution in [0, 0.1) is 5.82 Å². The Morgan fingerprint density at radius 1 is 1.47 bits per heavy atom. The molecule has 1 N–H and O–H groups in total. The molecule has 1 atom stereocenters. The molecule has 6 heteroatoms. The Morgan fingerprint density at radius 2 is 2.26 bits per heavy atom. The fourth-order valence-electron chi connectivity index (χ4n) is 1.70. The van der Waals surface area contributed by atoms with Crippen LogP contribution >= 0.6 is 0 Å². The van der Waals surface area contributed by atoms with Gasteiger partial charge in [-0.3, -0.25) is 0 Å². The van der Waals surface area contributed by atoms with Crippen LogP contribution in [0.4, 0.5) is 4.39 Å². The predicted octanol–water partition coefficient (Wildman–Crippen LogP) is 2.07. The van der Waals surface area contributed by atoms with Crippen molar-refractivity contribution in [2.45, 2.75) is 33.1 Å². The molecule has 2 rings (SSSR count). The van der Waals surface area contributed by atoms with Crippen molar-refractivity contribution in [2.75, 3.05) is 0 Å². The summed E-state index contributed by atoms with van der Waals surface area (Å²) in [5.41, 5.74) is 0.515. The van der Waals surface area contributed by atoms with E-state index in [4.69, 9.17) is 4.74 Å². The Labute approximate surface area is 110 Å². The number of aliphatic hydroxyl groups excluding tert-OH is 1. The Kier molecular flexibility index (Phi) is 4.11. The number of rotatable bonds is 5. The molecule has 0 unspecified atom stereocenters. The van der Waals surface area contributed by atoms with Gasteiger partial charge in [-0.2, -0.15) is 5.10 Å². The van der Waals surface area contributed by atoms with Crippen LogP contribution in [0.25, 0.3) is 0 Å². The van der Waals surface area contributed by atoms with Crippen molar-refractivity contribution in [3.05, 3.63) is 41.7 Å². The molecule has 1 aromatic heterocycles. The minimum atomic E-state index is -0.702. The molecular weight excluding hydrogens is 249 g/mol. The normalized spacial score (nSPS) is 12.4. The number of aliphatic hydroxyl groups is 1. The van der Waals surface area contributed by atoms with Gasteiger partial charge >= 0.3 is 0 Å². The maximum Gasteiger partial charge on any atom is 0.165 e. The number of hydrogen-bond acceptors (Lipinski definition) is 4. The van der Waals surface area contributed by atoms with E-state index in [0.29, 0.717) is 17.9 Å². The van der Waals surface area contributed by atoms with Crippen molar-refractivity contribution in [1.29, 1.82) is 0 Å². The van der Waals surface area contributed by atoms with Crippen molar-refractivity contribution < 1.29 is 14.2 Å². The molecule has 0 saturated heterocycles. The zero-order chi connectivity index (χ0) is 13.8. The highest BCUT2D eigenvalue weighted by molar-refractivity contribution is 5.30. The van der Waals surface area contributed by atoms with Crippen LogP contribution in [-0.4, -0.2) is 19.9 Å². The minimum absolute atomic E-state index is 0.134. The van der Waals surface area contributed by atoms with Gasteiger partial charge in [0, 0.05) is 6.54 Å². The summed E-state index contributed by atoms with van der Waals surface area (Å²) in [7, 11) is 0. The van der Waals surface area contributed by atoms with Gasteiger partial charge in [0.15, 0.2) is 17.4 Å². The average Bonchev–Trinajstić information content (AvgIpc) is 2.84. The van der Waals surface area contributed by atoms with Crippen LogP contribution in [-0.2, 0) is 13.2 Å². The maximum atomic E-state index is 13.7. The van der Waals surface area contributed by atoms with E-state index in [2.05, 4.69) is 10.1 Å². The number of halogens is 1. The lowest BCUT2D eigenvalue weighted by Crippen LogP contribution is -2.08. The van der Waals surface area contributed by atoms with Crippen molar-refractivity contribution in [3.63, 3.8) is 0 Å². The van der Waals surface area contributed by atoms with E-state index in [1.54, 1.807) is 17.7 Å². The largest absolute Gasteiger partial charge is 0.483 e. The van der Waals surface area contributed by atoms with E-state index in [9.17, 15) is 9.50 Å². The zero-order valence-corrected chi connectivity index (χ0v) is 10.9. The number of hydrogen-bond donors (Lipinski definition) is 1. The molecule has 1 heterocycles. The fourth-order valence-corrected chi connectivity index (χ4v) is 1.70. The summed E-state index contributed by atoms with van der Waals surface area (Å²) in [6.07, 6.45) is 0.737. The van der Waals surface area contributed by atoms with E-state index in [0.717, 1.165) is 0 Å². The molecule has 19 heavy (non-hydrogen) atoms. The number of nitrogens with zero attached hydrogens (tertiary/aromatic N) is 3. The summed E-state index contributed by atoms with van der Waals surface area (Å²) in [5, 5.41) is 13.4. The Bertz CT molecular complexity index is 555. The second-order valence-corrected chi connectivity index (χ2v) is 4.15. The Balaban J connectivity index is 2.08. The summed E-state index contributed by atoms with van der Waals surface area (Å²) < 4.78 is 20.8. The quantitative estimate of drug-likeness (QED) is 0.899. The fraction of sp³-hybridized carbons (Fsp3) is 0.385. The van der Waals surface area contributed by atoms with Gasteiger partial charge in [0.05, 0.1) is 6.10 Å². The van der Waals surface area contributed by atoms with Crippen LogP contribution in [0.3, 0.4) is 0 Å². The topological polar surface area (TPSA) is 60.2 Å². The first-order valence-corrected chi connectivity index (χ1v) is 6.08. The molecule has 0 bridgehead atoms. The minimum Gasteiger partial charge on any atom is -0.483 e. The van der Waals surface area contributed by atoms with Gasteiger partial charge in [-0.1, -0.05) is 6.07 Å². The number of ether oxygens (including phenoxy) is 1. The summed E-state index contributed by atoms with van der Waals surface area (Å²) in [4.78, 5) is 4.04. The van der Waals surface area contributed by atoms with Gasteiger partial charge in [-0.25, -0.2) is 14.1 Å². The van der Waals surface area contributed by atoms with Crippen LogP contribution < -0.4 is 4.74 Å². The van der Waals surface area contributed by atoms with Gasteiger partial charge in [0.25, 0.3) is 0 Å². The Hall–Kier alpha value is -1.95. The van der Waals surface area contributed by atoms with Crippen LogP contribution in [0.15, 0.2) is 24.5 Å². The molecule has 0 radical (unpaired) electrons. The highest BCUT2D eigenvalue weighted by atomic mass is 19.1. The summed E-state index contributed by atoms with van der Waals surface area (Å²) >= 11 is 0. The smallest absolute Gasteiger partial charge is 0.165 e. The average molecular weight is 265 g/mol. The van der Waals surface area contributed by atoms with Crippen LogP contribution in [0.1, 0.15) is 31.3 Å². The first-order valence-electron chi connectivity index (χ1n) is 6.08. The molecule has 0 aliphatic heterocycles. The summed E-state index contributed by atoms with van der Waals surface area (Å²) in [6, 6.07) is 4.40. The molecule has 102 valence electrons. The molecule has 0 aliphatic rings. The maximum absolute atomic E-state index is 13.7. The lowest BCUT2D eigenvalue weighted by molar-refractivity contribution is 0.198. The van der Waals surface area contributed by atoms with Crippen molar-refractivity contribution in [2.24, 2.45) is 0 Å². The second-order valence-electron chi connectivity index (χ2n) is 4.15. The third kappa shape index (κ3) is 3.08. The highest BCUT2D eigenvalue weighted by Gasteiger charge is 2.10. The predicted molar refractivity (Wildman–Crippen MR) is 67.1 cm³/mol. The zero-order valence-electron chi connectivity index (χ0n) is 10.9. The van der Waals surface area contributed by atoms with Crippen LogP contribution in [0.2, 0.25) is 0 Å². The van der Waals surface area contributed by atoms with Gasteiger partial charge in [-0.05, 0) is 31.5 Å². The third-order valence-electron chi connectivity index (χ3n) is 2.79. The van der Waals surface area contributed by atoms with Gasteiger partial charge in [-0.15, -0.1) is 0 Å². The lowest BCUT2D eigenvalue weighted by Gasteiger charge is -2.10. The van der Waals surface area contributed by atoms with Crippen molar-refractivity contribution >= 4 is 0 Å². The molecule has 0 amide bonds. The first kappa shape index (κ1) is 13.5. The van der Waals surface area contributed by atoms with E-state index in [1.165, 1.54) is 18.5 Å². The highest BCUT2D eigenvalue weighted by Crippen LogP contribution is 2.22. The van der Waals surface area contributed by atoms with Gasteiger partial charge in [0.2, 0.25) is 0 Å². The first-order chi connectivity index (χ1) is 9.11. The second kappa shape index (κ2) is 5.79. The molecule has 1 aromatic carbocycles. The summed E-state index contributed by atoms with van der Waals surface area (Å²) in [5.74, 6) is 0.275. The van der Waals surface area contributed by atoms with Gasteiger partial charge < -0.3 is 9.84 Å². The van der Waals surface area contributed by atoms with Crippen molar-refractivity contribution in [1.82, 2.24) is 14.8 Å². The molecule has 0 saturated carbocycles. The number of benzene rings is 1. The van der Waals surface area contributed by atoms with E-state index < -0.39 is 11.9 Å². The molecule has 0 aliphatic carbocycles. The molecule has 0 fully saturated rings. The van der Waals surface area contributed by atoms with Crippen molar-refractivity contribution in [3.8, 4) is 5.75 Å². The molecule has 0 spiro atoms. The molecule has 2 aromatic rings. The van der Waals surface area contributed by atoms with E-state index in [1.807, 2.05) is 6.92 Å². The lowest BCUT2D eigenvalue weighted by atomic mass is 10.1. The summed E-state index contributed by atoms with van der Waals surface area (Å²) in [6.45, 7) is 4.36. The SMILES string of the molecule is CCn1ncnc1COc1ccc([C@H](C)O)cc1F. The van der Waals surface area contributed by atoms with E-state index >= 15 is 0 Å². The van der Waals surface area contributed by atoms with Gasteiger partial charge in [0.1, 0.15) is 12.9 Å². The number of aryl methyl sites for hydroxylation is 1. The van der Waals surface area contributed by atoms with Crippen LogP contribution in [0.5, 0.6) is 5.75 Å². The molecular formula is C13H16FN3O2. The standard InChI is InChI=1S/C13H16FN3O2/c1-3-17-13(15-8-16-17)7-19-12-5-4-10(9(2)18)6-11(12)14/h4-6,8-9,18H,3,7H2,1-2H3/t9-/m0/s1. The third-order valence-corrected chi connectivity index (χ3v) is 2.79. The monoisotopic (exact) mass is 265 g/mol. The number of aromatic nitrogens is 3.